The third-order valence-corrected chi connectivity index (χ3v) is 6.19. The molecular formula is C24H28N6O4. The number of aromatic nitrogens is 4. The predicted molar refractivity (Wildman–Crippen MR) is 125 cm³/mol. The molecule has 0 atom stereocenters. The topological polar surface area (TPSA) is 108 Å². The fourth-order valence-electron chi connectivity index (χ4n) is 4.11. The zero-order chi connectivity index (χ0) is 23.7. The molecule has 0 unspecified atom stereocenters. The Labute approximate surface area is 197 Å². The predicted octanol–water partition coefficient (Wildman–Crippen LogP) is 4.21. The average molecular weight is 465 g/mol. The molecule has 2 aromatic heterocycles. The van der Waals surface area contributed by atoms with Gasteiger partial charge in [0.05, 0.1) is 11.3 Å². The van der Waals surface area contributed by atoms with Crippen LogP contribution in [0, 0.1) is 6.92 Å². The first-order valence-corrected chi connectivity index (χ1v) is 11.5. The lowest BCUT2D eigenvalue weighted by molar-refractivity contribution is 0.174. The Bertz CT molecular complexity index is 1200. The van der Waals surface area contributed by atoms with Crippen molar-refractivity contribution in [1.29, 1.82) is 0 Å². The van der Waals surface area contributed by atoms with Crippen molar-refractivity contribution in [3.63, 3.8) is 0 Å². The highest BCUT2D eigenvalue weighted by Gasteiger charge is 2.27. The van der Waals surface area contributed by atoms with E-state index in [-0.39, 0.29) is 18.6 Å². The van der Waals surface area contributed by atoms with E-state index in [1.54, 1.807) is 0 Å². The highest BCUT2D eigenvalue weighted by molar-refractivity contribution is 5.99. The summed E-state index contributed by atoms with van der Waals surface area (Å²) >= 11 is 0. The number of hydrogen-bond acceptors (Lipinski definition) is 10. The quantitative estimate of drug-likeness (QED) is 0.391. The van der Waals surface area contributed by atoms with Crippen molar-refractivity contribution < 1.29 is 18.8 Å². The van der Waals surface area contributed by atoms with Crippen LogP contribution in [-0.4, -0.2) is 45.7 Å². The molecule has 10 nitrogen and oxygen atoms in total. The molecule has 0 aliphatic carbocycles. The van der Waals surface area contributed by atoms with Crippen LogP contribution in [0.15, 0.2) is 34.2 Å². The summed E-state index contributed by atoms with van der Waals surface area (Å²) in [6.07, 6.45) is 3.35. The highest BCUT2D eigenvalue weighted by Crippen LogP contribution is 2.34. The monoisotopic (exact) mass is 464 g/mol. The van der Waals surface area contributed by atoms with Gasteiger partial charge in [0.1, 0.15) is 12.1 Å². The Morgan fingerprint density at radius 2 is 1.94 bits per heavy atom. The molecule has 34 heavy (non-hydrogen) atoms. The smallest absolute Gasteiger partial charge is 0.256 e. The minimum Gasteiger partial charge on any atom is -0.454 e. The van der Waals surface area contributed by atoms with Crippen LogP contribution in [0.4, 0.5) is 5.82 Å². The Morgan fingerprint density at radius 1 is 1.15 bits per heavy atom. The first-order chi connectivity index (χ1) is 16.5. The Hall–Kier alpha value is -3.69. The van der Waals surface area contributed by atoms with Gasteiger partial charge in [-0.05, 0) is 44.9 Å². The number of benzene rings is 1. The van der Waals surface area contributed by atoms with Gasteiger partial charge in [-0.1, -0.05) is 24.2 Å². The van der Waals surface area contributed by atoms with Gasteiger partial charge in [-0.25, -0.2) is 4.98 Å². The molecule has 2 aliphatic heterocycles. The Balaban J connectivity index is 1.25. The number of hydrogen-bond donors (Lipinski definition) is 0. The first kappa shape index (κ1) is 22.1. The summed E-state index contributed by atoms with van der Waals surface area (Å²) < 4.78 is 16.3. The molecule has 1 saturated heterocycles. The molecule has 0 radical (unpaired) electrons. The van der Waals surface area contributed by atoms with Crippen molar-refractivity contribution in [3.8, 4) is 17.4 Å². The van der Waals surface area contributed by atoms with Gasteiger partial charge in [-0.2, -0.15) is 9.97 Å². The van der Waals surface area contributed by atoms with Gasteiger partial charge in [0, 0.05) is 30.5 Å². The second kappa shape index (κ2) is 9.28. The lowest BCUT2D eigenvalue weighted by atomic mass is 9.96. The molecule has 5 rings (SSSR count). The minimum absolute atomic E-state index is 0.236. The first-order valence-electron chi connectivity index (χ1n) is 11.5. The third-order valence-electron chi connectivity index (χ3n) is 6.19. The maximum Gasteiger partial charge on any atom is 0.256 e. The summed E-state index contributed by atoms with van der Waals surface area (Å²) in [4.78, 5) is 21.4. The van der Waals surface area contributed by atoms with E-state index in [9.17, 15) is 0 Å². The summed E-state index contributed by atoms with van der Waals surface area (Å²) in [6, 6.07) is 5.68. The van der Waals surface area contributed by atoms with Gasteiger partial charge in [0.15, 0.2) is 17.3 Å². The molecule has 0 saturated carbocycles. The van der Waals surface area contributed by atoms with Crippen LogP contribution in [0.2, 0.25) is 0 Å². The summed E-state index contributed by atoms with van der Waals surface area (Å²) in [5, 5.41) is 8.39. The van der Waals surface area contributed by atoms with Crippen LogP contribution >= 0.6 is 0 Å². The van der Waals surface area contributed by atoms with Crippen LogP contribution < -0.4 is 19.2 Å². The van der Waals surface area contributed by atoms with Crippen LogP contribution in [0.3, 0.4) is 0 Å². The van der Waals surface area contributed by atoms with E-state index in [4.69, 9.17) is 18.8 Å². The molecule has 0 spiro atoms. The van der Waals surface area contributed by atoms with E-state index in [0.717, 1.165) is 60.3 Å². The number of fused-ring (bicyclic) bond motifs is 1. The van der Waals surface area contributed by atoms with Crippen LogP contribution in [0.5, 0.6) is 17.4 Å². The van der Waals surface area contributed by atoms with Crippen LogP contribution in [-0.2, 0) is 0 Å². The SMILES string of the molecule is C/C(=N/Oc1ncnc(N2CCC(c3nc(C(C)C)no3)CC2)c1C)c1ccc2c(c1)OCO2. The van der Waals surface area contributed by atoms with E-state index in [0.29, 0.717) is 17.3 Å². The summed E-state index contributed by atoms with van der Waals surface area (Å²) in [7, 11) is 0. The summed E-state index contributed by atoms with van der Waals surface area (Å²) in [5.41, 5.74) is 2.45. The molecule has 178 valence electrons. The van der Waals surface area contributed by atoms with E-state index in [1.165, 1.54) is 6.33 Å². The van der Waals surface area contributed by atoms with Gasteiger partial charge in [-0.15, -0.1) is 0 Å². The van der Waals surface area contributed by atoms with Gasteiger partial charge in [0.2, 0.25) is 12.7 Å². The van der Waals surface area contributed by atoms with Crippen molar-refractivity contribution in [2.45, 2.75) is 52.4 Å². The molecule has 4 heterocycles. The number of nitrogens with zero attached hydrogens (tertiary/aromatic N) is 6. The zero-order valence-corrected chi connectivity index (χ0v) is 19.8. The number of oxime groups is 1. The number of rotatable bonds is 6. The van der Waals surface area contributed by atoms with Crippen molar-refractivity contribution in [2.75, 3.05) is 24.8 Å². The lowest BCUT2D eigenvalue weighted by Gasteiger charge is -2.32. The van der Waals surface area contributed by atoms with Gasteiger partial charge < -0.3 is 23.7 Å². The number of piperidine rings is 1. The van der Waals surface area contributed by atoms with Gasteiger partial charge >= 0.3 is 0 Å². The lowest BCUT2D eigenvalue weighted by Crippen LogP contribution is -2.34. The van der Waals surface area contributed by atoms with Crippen molar-refractivity contribution in [2.24, 2.45) is 5.16 Å². The minimum atomic E-state index is 0.236. The maximum atomic E-state index is 5.72. The van der Waals surface area contributed by atoms with Gasteiger partial charge in [-0.3, -0.25) is 0 Å². The molecule has 0 amide bonds. The Kier molecular flexibility index (Phi) is 6.04. The van der Waals surface area contributed by atoms with Crippen molar-refractivity contribution in [1.82, 2.24) is 20.1 Å². The highest BCUT2D eigenvalue weighted by atomic mass is 16.7. The van der Waals surface area contributed by atoms with E-state index in [2.05, 4.69) is 44.0 Å². The largest absolute Gasteiger partial charge is 0.454 e. The fourth-order valence-corrected chi connectivity index (χ4v) is 4.11. The van der Waals surface area contributed by atoms with Crippen molar-refractivity contribution >= 4 is 11.5 Å². The van der Waals surface area contributed by atoms with E-state index < -0.39 is 0 Å². The van der Waals surface area contributed by atoms with E-state index >= 15 is 0 Å². The molecule has 1 fully saturated rings. The molecular weight excluding hydrogens is 436 g/mol. The normalized spacial score (nSPS) is 16.4. The number of ether oxygens (including phenoxy) is 2. The zero-order valence-electron chi connectivity index (χ0n) is 19.8. The van der Waals surface area contributed by atoms with Crippen LogP contribution in [0.25, 0.3) is 0 Å². The maximum absolute atomic E-state index is 5.72. The number of anilines is 1. The third kappa shape index (κ3) is 4.40. The molecule has 2 aliphatic rings. The van der Waals surface area contributed by atoms with Crippen LogP contribution in [0.1, 0.15) is 68.3 Å². The molecule has 0 bridgehead atoms. The average Bonchev–Trinajstić information content (AvgIpc) is 3.53. The standard InChI is InChI=1S/C24H28N6O4/c1-14(2)21-27-24(34-29-21)17-7-9-30(10-8-17)22-15(3)23(26-12-25-22)33-28-16(4)18-5-6-19-20(11-18)32-13-31-19/h5-6,11-12,14,17H,7-10,13H2,1-4H3/b28-16-. The summed E-state index contributed by atoms with van der Waals surface area (Å²) in [5.74, 6) is 4.76. The molecule has 1 aromatic carbocycles. The fraction of sp³-hybridized carbons (Fsp3) is 0.458. The van der Waals surface area contributed by atoms with Crippen molar-refractivity contribution in [3.05, 3.63) is 47.4 Å². The molecule has 3 aromatic rings. The second-order valence-electron chi connectivity index (χ2n) is 8.87. The molecule has 10 heteroatoms. The second-order valence-corrected chi connectivity index (χ2v) is 8.87. The van der Waals surface area contributed by atoms with E-state index in [1.807, 2.05) is 32.0 Å². The Morgan fingerprint density at radius 3 is 2.71 bits per heavy atom. The van der Waals surface area contributed by atoms with Gasteiger partial charge in [0.25, 0.3) is 5.88 Å². The summed E-state index contributed by atoms with van der Waals surface area (Å²) in [6.45, 7) is 9.86. The molecule has 0 N–H and O–H groups in total.